The molecule has 0 unspecified atom stereocenters. The summed E-state index contributed by atoms with van der Waals surface area (Å²) in [7, 11) is 1.61. The number of halogens is 1. The number of anilines is 1. The van der Waals surface area contributed by atoms with Gasteiger partial charge in [-0.25, -0.2) is 0 Å². The van der Waals surface area contributed by atoms with Crippen molar-refractivity contribution in [2.24, 2.45) is 0 Å². The molecule has 0 spiro atoms. The molecule has 7 heteroatoms. The molecule has 2 aliphatic heterocycles. The molecule has 148 valence electrons. The van der Waals surface area contributed by atoms with E-state index in [2.05, 4.69) is 46.0 Å². The largest absolute Gasteiger partial charge is 0.496 e. The zero-order valence-corrected chi connectivity index (χ0v) is 18.6. The van der Waals surface area contributed by atoms with Gasteiger partial charge in [-0.15, -0.1) is 0 Å². The van der Waals surface area contributed by atoms with Gasteiger partial charge in [-0.2, -0.15) is 5.26 Å². The zero-order chi connectivity index (χ0) is 20.5. The van der Waals surface area contributed by atoms with Crippen LogP contribution in [-0.2, 0) is 4.79 Å². The van der Waals surface area contributed by atoms with E-state index in [-0.39, 0.29) is 18.2 Å². The highest BCUT2D eigenvalue weighted by atomic mass is 79.9. The van der Waals surface area contributed by atoms with Crippen molar-refractivity contribution in [3.05, 3.63) is 68.7 Å². The van der Waals surface area contributed by atoms with E-state index >= 15 is 0 Å². The molecule has 0 radical (unpaired) electrons. The summed E-state index contributed by atoms with van der Waals surface area (Å²) in [5.41, 5.74) is 3.78. The SMILES string of the molecule is COc1ccc(Br)cc1[C@@H]1CC(=O)N2CN(c3ccccc3C)CSC2=C1C#N. The number of benzene rings is 2. The van der Waals surface area contributed by atoms with Gasteiger partial charge in [0.05, 0.1) is 36.3 Å². The summed E-state index contributed by atoms with van der Waals surface area (Å²) in [5.74, 6) is 1.10. The Morgan fingerprint density at radius 3 is 2.79 bits per heavy atom. The van der Waals surface area contributed by atoms with Gasteiger partial charge in [0.1, 0.15) is 5.75 Å². The first-order valence-corrected chi connectivity index (χ1v) is 11.0. The Hall–Kier alpha value is -2.43. The van der Waals surface area contributed by atoms with E-state index in [1.807, 2.05) is 30.3 Å². The maximum absolute atomic E-state index is 13.1. The Balaban J connectivity index is 1.72. The molecule has 1 saturated heterocycles. The Kier molecular flexibility index (Phi) is 5.57. The van der Waals surface area contributed by atoms with E-state index in [1.54, 1.807) is 23.8 Å². The molecule has 1 amide bonds. The topological polar surface area (TPSA) is 56.6 Å². The predicted molar refractivity (Wildman–Crippen MR) is 119 cm³/mol. The number of hydrogen-bond acceptors (Lipinski definition) is 5. The fourth-order valence-corrected chi connectivity index (χ4v) is 5.41. The maximum Gasteiger partial charge on any atom is 0.229 e. The van der Waals surface area contributed by atoms with Crippen molar-refractivity contribution in [2.75, 3.05) is 24.6 Å². The van der Waals surface area contributed by atoms with Gasteiger partial charge in [-0.05, 0) is 36.8 Å². The number of aryl methyl sites for hydroxylation is 1. The second kappa shape index (κ2) is 8.13. The van der Waals surface area contributed by atoms with Crippen molar-refractivity contribution in [1.29, 1.82) is 5.26 Å². The summed E-state index contributed by atoms with van der Waals surface area (Å²) in [6.07, 6.45) is 0.251. The number of hydrogen-bond donors (Lipinski definition) is 0. The summed E-state index contributed by atoms with van der Waals surface area (Å²) in [6, 6.07) is 16.2. The molecule has 0 saturated carbocycles. The van der Waals surface area contributed by atoms with Crippen LogP contribution in [0.2, 0.25) is 0 Å². The minimum absolute atomic E-state index is 0.0248. The molecule has 29 heavy (non-hydrogen) atoms. The third-order valence-corrected chi connectivity index (χ3v) is 6.96. The van der Waals surface area contributed by atoms with Crippen LogP contribution in [0.5, 0.6) is 5.75 Å². The lowest BCUT2D eigenvalue weighted by atomic mass is 9.86. The molecule has 2 aromatic carbocycles. The van der Waals surface area contributed by atoms with Gasteiger partial charge in [0, 0.05) is 28.1 Å². The van der Waals surface area contributed by atoms with Crippen molar-refractivity contribution in [1.82, 2.24) is 4.90 Å². The number of methoxy groups -OCH3 is 1. The average molecular weight is 470 g/mol. The van der Waals surface area contributed by atoms with Crippen LogP contribution in [0.15, 0.2) is 57.5 Å². The number of rotatable bonds is 3. The molecule has 2 aliphatic rings. The monoisotopic (exact) mass is 469 g/mol. The van der Waals surface area contributed by atoms with Gasteiger partial charge in [0.25, 0.3) is 0 Å². The summed E-state index contributed by atoms with van der Waals surface area (Å²) in [5, 5.41) is 10.7. The van der Waals surface area contributed by atoms with E-state index < -0.39 is 0 Å². The molecule has 1 fully saturated rings. The van der Waals surface area contributed by atoms with Crippen LogP contribution in [0.25, 0.3) is 0 Å². The number of fused-ring (bicyclic) bond motifs is 1. The number of para-hydroxylation sites is 1. The fourth-order valence-electron chi connectivity index (χ4n) is 3.88. The number of ether oxygens (including phenoxy) is 1. The lowest BCUT2D eigenvalue weighted by Gasteiger charge is -2.42. The normalized spacial score (nSPS) is 19.1. The second-order valence-electron chi connectivity index (χ2n) is 7.04. The first-order valence-electron chi connectivity index (χ1n) is 9.25. The van der Waals surface area contributed by atoms with Gasteiger partial charge >= 0.3 is 0 Å². The molecule has 1 atom stereocenters. The number of thioether (sulfide) groups is 1. The first kappa shape index (κ1) is 19.9. The van der Waals surface area contributed by atoms with E-state index in [4.69, 9.17) is 4.74 Å². The lowest BCUT2D eigenvalue weighted by Crippen LogP contribution is -2.47. The molecular formula is C22H20BrN3O2S. The number of carbonyl (C=O) groups excluding carboxylic acids is 1. The van der Waals surface area contributed by atoms with Gasteiger partial charge in [0.15, 0.2) is 0 Å². The molecule has 0 N–H and O–H groups in total. The molecular weight excluding hydrogens is 450 g/mol. The minimum Gasteiger partial charge on any atom is -0.496 e. The Bertz CT molecular complexity index is 1050. The summed E-state index contributed by atoms with van der Waals surface area (Å²) in [6.45, 7) is 2.53. The van der Waals surface area contributed by atoms with E-state index in [1.165, 1.54) is 5.56 Å². The third-order valence-electron chi connectivity index (χ3n) is 5.32. The van der Waals surface area contributed by atoms with Crippen molar-refractivity contribution >= 4 is 39.3 Å². The summed E-state index contributed by atoms with van der Waals surface area (Å²) >= 11 is 5.04. The number of nitriles is 1. The molecule has 2 heterocycles. The Morgan fingerprint density at radius 2 is 2.07 bits per heavy atom. The average Bonchev–Trinajstić information content (AvgIpc) is 2.74. The summed E-state index contributed by atoms with van der Waals surface area (Å²) < 4.78 is 6.41. The van der Waals surface area contributed by atoms with E-state index in [0.717, 1.165) is 20.8 Å². The number of amides is 1. The Labute approximate surface area is 183 Å². The van der Waals surface area contributed by atoms with Gasteiger partial charge in [-0.3, -0.25) is 9.69 Å². The molecule has 0 bridgehead atoms. The lowest BCUT2D eigenvalue weighted by molar-refractivity contribution is -0.129. The van der Waals surface area contributed by atoms with Gasteiger partial charge < -0.3 is 9.64 Å². The molecule has 5 nitrogen and oxygen atoms in total. The van der Waals surface area contributed by atoms with Crippen LogP contribution < -0.4 is 9.64 Å². The van der Waals surface area contributed by atoms with Crippen LogP contribution in [0.3, 0.4) is 0 Å². The quantitative estimate of drug-likeness (QED) is 0.633. The first-order chi connectivity index (χ1) is 14.0. The van der Waals surface area contributed by atoms with Crippen LogP contribution in [0, 0.1) is 18.3 Å². The smallest absolute Gasteiger partial charge is 0.229 e. The molecule has 0 aromatic heterocycles. The van der Waals surface area contributed by atoms with E-state index in [0.29, 0.717) is 23.9 Å². The highest BCUT2D eigenvalue weighted by Crippen LogP contribution is 2.45. The minimum atomic E-state index is -0.302. The maximum atomic E-state index is 13.1. The van der Waals surface area contributed by atoms with Crippen LogP contribution >= 0.6 is 27.7 Å². The van der Waals surface area contributed by atoms with Crippen LogP contribution in [-0.4, -0.2) is 30.5 Å². The van der Waals surface area contributed by atoms with Crippen molar-refractivity contribution in [3.8, 4) is 11.8 Å². The third kappa shape index (κ3) is 3.63. The van der Waals surface area contributed by atoms with Crippen LogP contribution in [0.4, 0.5) is 5.69 Å². The molecule has 2 aromatic rings. The van der Waals surface area contributed by atoms with Gasteiger partial charge in [-0.1, -0.05) is 45.9 Å². The highest BCUT2D eigenvalue weighted by Gasteiger charge is 2.39. The van der Waals surface area contributed by atoms with Crippen molar-refractivity contribution in [3.63, 3.8) is 0 Å². The predicted octanol–water partition coefficient (Wildman–Crippen LogP) is 4.99. The Morgan fingerprint density at radius 1 is 1.28 bits per heavy atom. The van der Waals surface area contributed by atoms with E-state index in [9.17, 15) is 10.1 Å². The number of allylic oxidation sites excluding steroid dienone is 1. The zero-order valence-electron chi connectivity index (χ0n) is 16.2. The highest BCUT2D eigenvalue weighted by molar-refractivity contribution is 9.10. The van der Waals surface area contributed by atoms with Crippen LogP contribution in [0.1, 0.15) is 23.5 Å². The van der Waals surface area contributed by atoms with Crippen molar-refractivity contribution in [2.45, 2.75) is 19.3 Å². The number of nitrogens with zero attached hydrogens (tertiary/aromatic N) is 3. The second-order valence-corrected chi connectivity index (χ2v) is 8.89. The fraction of sp³-hybridized carbons (Fsp3) is 0.273. The molecule has 4 rings (SSSR count). The van der Waals surface area contributed by atoms with Gasteiger partial charge in [0.2, 0.25) is 5.91 Å². The standard InChI is InChI=1S/C22H20BrN3O2S/c1-14-5-3-4-6-19(14)25-12-26-21(27)10-16(18(11-24)22(26)29-13-25)17-9-15(23)7-8-20(17)28-2/h3-9,16H,10,12-13H2,1-2H3/t16-/m0/s1. The van der Waals surface area contributed by atoms with Crippen molar-refractivity contribution < 1.29 is 9.53 Å². The molecule has 0 aliphatic carbocycles. The number of carbonyl (C=O) groups is 1. The summed E-state index contributed by atoms with van der Waals surface area (Å²) in [4.78, 5) is 17.0.